The molecule has 0 fully saturated rings. The van der Waals surface area contributed by atoms with Crippen molar-refractivity contribution in [2.75, 3.05) is 6.61 Å². The zero-order chi connectivity index (χ0) is 13.5. The number of carbonyl (C=O) groups excluding carboxylic acids is 2. The van der Waals surface area contributed by atoms with Gasteiger partial charge in [-0.3, -0.25) is 14.4 Å². The van der Waals surface area contributed by atoms with Crippen molar-refractivity contribution >= 4 is 17.7 Å². The maximum absolute atomic E-state index is 11.5. The SMILES string of the molecule is N[C@@H](CC(=O)OCC(=O)c1ccccc1)C(=O)O. The van der Waals surface area contributed by atoms with E-state index in [1.165, 1.54) is 0 Å². The fourth-order valence-electron chi connectivity index (χ4n) is 1.18. The molecule has 0 aliphatic heterocycles. The first-order valence-corrected chi connectivity index (χ1v) is 5.23. The van der Waals surface area contributed by atoms with Gasteiger partial charge in [0.1, 0.15) is 6.04 Å². The molecule has 0 bridgehead atoms. The molecule has 0 saturated carbocycles. The average molecular weight is 251 g/mol. The number of esters is 1. The Balaban J connectivity index is 2.40. The van der Waals surface area contributed by atoms with Crippen LogP contribution in [-0.2, 0) is 14.3 Å². The van der Waals surface area contributed by atoms with Crippen molar-refractivity contribution in [3.63, 3.8) is 0 Å². The number of benzene rings is 1. The number of hydrogen-bond donors (Lipinski definition) is 2. The first-order valence-electron chi connectivity index (χ1n) is 5.23. The van der Waals surface area contributed by atoms with Crippen molar-refractivity contribution in [2.24, 2.45) is 5.73 Å². The summed E-state index contributed by atoms with van der Waals surface area (Å²) in [6.45, 7) is -0.421. The van der Waals surface area contributed by atoms with Gasteiger partial charge in [0.15, 0.2) is 12.4 Å². The summed E-state index contributed by atoms with van der Waals surface area (Å²) in [6, 6.07) is 7.02. The zero-order valence-corrected chi connectivity index (χ0v) is 9.54. The molecular weight excluding hydrogens is 238 g/mol. The molecule has 0 aliphatic carbocycles. The minimum atomic E-state index is -1.32. The topological polar surface area (TPSA) is 107 Å². The summed E-state index contributed by atoms with van der Waals surface area (Å²) in [5.41, 5.74) is 5.57. The van der Waals surface area contributed by atoms with Gasteiger partial charge < -0.3 is 15.6 Å². The molecule has 1 atom stereocenters. The van der Waals surface area contributed by atoms with E-state index in [2.05, 4.69) is 4.74 Å². The van der Waals surface area contributed by atoms with Gasteiger partial charge in [-0.05, 0) is 0 Å². The number of carboxylic acid groups (broad SMARTS) is 1. The summed E-state index contributed by atoms with van der Waals surface area (Å²) in [5.74, 6) is -2.46. The Hall–Kier alpha value is -2.21. The van der Waals surface area contributed by atoms with Crippen molar-refractivity contribution < 1.29 is 24.2 Å². The molecule has 1 rings (SSSR count). The van der Waals surface area contributed by atoms with Gasteiger partial charge in [-0.15, -0.1) is 0 Å². The van der Waals surface area contributed by atoms with E-state index >= 15 is 0 Å². The highest BCUT2D eigenvalue weighted by Gasteiger charge is 2.18. The highest BCUT2D eigenvalue weighted by atomic mass is 16.5. The molecule has 1 aromatic rings. The highest BCUT2D eigenvalue weighted by Crippen LogP contribution is 2.01. The smallest absolute Gasteiger partial charge is 0.321 e. The van der Waals surface area contributed by atoms with Gasteiger partial charge in [0.25, 0.3) is 0 Å². The van der Waals surface area contributed by atoms with Crippen LogP contribution >= 0.6 is 0 Å². The predicted octanol–water partition coefficient (Wildman–Crippen LogP) is 0.214. The van der Waals surface area contributed by atoms with Gasteiger partial charge >= 0.3 is 11.9 Å². The Morgan fingerprint density at radius 3 is 2.39 bits per heavy atom. The van der Waals surface area contributed by atoms with E-state index in [1.807, 2.05) is 0 Å². The minimum Gasteiger partial charge on any atom is -0.480 e. The Morgan fingerprint density at radius 1 is 1.22 bits per heavy atom. The third-order valence-corrected chi connectivity index (χ3v) is 2.16. The summed E-state index contributed by atoms with van der Waals surface area (Å²) < 4.78 is 4.65. The number of hydrogen-bond acceptors (Lipinski definition) is 5. The van der Waals surface area contributed by atoms with Crippen LogP contribution in [0.4, 0.5) is 0 Å². The Labute approximate surface area is 103 Å². The van der Waals surface area contributed by atoms with E-state index in [9.17, 15) is 14.4 Å². The van der Waals surface area contributed by atoms with E-state index in [-0.39, 0.29) is 5.78 Å². The molecule has 0 radical (unpaired) electrons. The summed E-state index contributed by atoms with van der Waals surface area (Å²) in [6.07, 6.45) is -0.461. The molecule has 0 aliphatic rings. The lowest BCUT2D eigenvalue weighted by molar-refractivity contribution is -0.148. The molecule has 0 saturated heterocycles. The molecule has 0 amide bonds. The fourth-order valence-corrected chi connectivity index (χ4v) is 1.18. The number of aliphatic carboxylic acids is 1. The zero-order valence-electron chi connectivity index (χ0n) is 9.54. The lowest BCUT2D eigenvalue weighted by atomic mass is 10.1. The molecule has 0 aromatic heterocycles. The Morgan fingerprint density at radius 2 is 1.83 bits per heavy atom. The normalized spacial score (nSPS) is 11.6. The molecule has 1 aromatic carbocycles. The second-order valence-corrected chi connectivity index (χ2v) is 3.60. The first-order chi connectivity index (χ1) is 8.50. The summed E-state index contributed by atoms with van der Waals surface area (Å²) in [4.78, 5) is 33.1. The van der Waals surface area contributed by atoms with Crippen molar-refractivity contribution in [1.82, 2.24) is 0 Å². The molecule has 6 nitrogen and oxygen atoms in total. The van der Waals surface area contributed by atoms with Gasteiger partial charge in [0, 0.05) is 5.56 Å². The second-order valence-electron chi connectivity index (χ2n) is 3.60. The maximum Gasteiger partial charge on any atom is 0.321 e. The van der Waals surface area contributed by atoms with E-state index < -0.39 is 31.0 Å². The standard InChI is InChI=1S/C12H13NO5/c13-9(12(16)17)6-11(15)18-7-10(14)8-4-2-1-3-5-8/h1-5,9H,6-7,13H2,(H,16,17)/t9-/m0/s1. The van der Waals surface area contributed by atoms with Crippen LogP contribution in [0.2, 0.25) is 0 Å². The first kappa shape index (κ1) is 13.9. The number of Topliss-reactive ketones (excluding diaryl/α,β-unsaturated/α-hetero) is 1. The molecular formula is C12H13NO5. The quantitative estimate of drug-likeness (QED) is 0.553. The summed E-state index contributed by atoms with van der Waals surface area (Å²) >= 11 is 0. The van der Waals surface area contributed by atoms with Crippen molar-refractivity contribution in [1.29, 1.82) is 0 Å². The van der Waals surface area contributed by atoms with Gasteiger partial charge in [-0.25, -0.2) is 0 Å². The second kappa shape index (κ2) is 6.51. The van der Waals surface area contributed by atoms with E-state index in [0.29, 0.717) is 5.56 Å². The van der Waals surface area contributed by atoms with Crippen LogP contribution < -0.4 is 5.73 Å². The predicted molar refractivity (Wildman–Crippen MR) is 62.0 cm³/mol. The third-order valence-electron chi connectivity index (χ3n) is 2.16. The number of ether oxygens (including phenoxy) is 1. The largest absolute Gasteiger partial charge is 0.480 e. The molecule has 0 unspecified atom stereocenters. The lowest BCUT2D eigenvalue weighted by Crippen LogP contribution is -2.33. The number of rotatable bonds is 6. The molecule has 6 heteroatoms. The monoisotopic (exact) mass is 251 g/mol. The third kappa shape index (κ3) is 4.34. The van der Waals surface area contributed by atoms with Crippen molar-refractivity contribution in [3.8, 4) is 0 Å². The van der Waals surface area contributed by atoms with Crippen LogP contribution in [-0.4, -0.2) is 35.5 Å². The number of carbonyl (C=O) groups is 3. The van der Waals surface area contributed by atoms with E-state index in [4.69, 9.17) is 10.8 Å². The molecule has 0 spiro atoms. The van der Waals surface area contributed by atoms with E-state index in [1.54, 1.807) is 30.3 Å². The summed E-state index contributed by atoms with van der Waals surface area (Å²) in [5, 5.41) is 8.49. The highest BCUT2D eigenvalue weighted by molar-refractivity contribution is 5.98. The number of carboxylic acids is 1. The number of nitrogens with two attached hydrogens (primary N) is 1. The van der Waals surface area contributed by atoms with Crippen LogP contribution in [0.25, 0.3) is 0 Å². The fraction of sp³-hybridized carbons (Fsp3) is 0.250. The van der Waals surface area contributed by atoms with Gasteiger partial charge in [-0.1, -0.05) is 30.3 Å². The molecule has 0 heterocycles. The van der Waals surface area contributed by atoms with E-state index in [0.717, 1.165) is 0 Å². The van der Waals surface area contributed by atoms with Crippen molar-refractivity contribution in [2.45, 2.75) is 12.5 Å². The van der Waals surface area contributed by atoms with Crippen LogP contribution in [0.15, 0.2) is 30.3 Å². The number of ketones is 1. The van der Waals surface area contributed by atoms with Crippen LogP contribution in [0.3, 0.4) is 0 Å². The minimum absolute atomic E-state index is 0.354. The Kier molecular flexibility index (Phi) is 5.01. The Bertz CT molecular complexity index is 443. The maximum atomic E-state index is 11.5. The molecule has 96 valence electrons. The lowest BCUT2D eigenvalue weighted by Gasteiger charge is -2.06. The molecule has 3 N–H and O–H groups in total. The average Bonchev–Trinajstić information content (AvgIpc) is 2.36. The molecule has 18 heavy (non-hydrogen) atoms. The van der Waals surface area contributed by atoms with Crippen molar-refractivity contribution in [3.05, 3.63) is 35.9 Å². The van der Waals surface area contributed by atoms with Gasteiger partial charge in [0.2, 0.25) is 0 Å². The summed E-state index contributed by atoms with van der Waals surface area (Å²) in [7, 11) is 0. The van der Waals surface area contributed by atoms with Crippen LogP contribution in [0.5, 0.6) is 0 Å². The van der Waals surface area contributed by atoms with Gasteiger partial charge in [-0.2, -0.15) is 0 Å². The van der Waals surface area contributed by atoms with Gasteiger partial charge in [0.05, 0.1) is 6.42 Å². The van der Waals surface area contributed by atoms with Crippen LogP contribution in [0.1, 0.15) is 16.8 Å². The van der Waals surface area contributed by atoms with Crippen LogP contribution in [0, 0.1) is 0 Å².